The average molecular weight is 214 g/mol. The van der Waals surface area contributed by atoms with Crippen LogP contribution in [-0.2, 0) is 0 Å². The molecule has 1 fully saturated rings. The molecule has 0 spiro atoms. The maximum atomic E-state index is 8.99. The van der Waals surface area contributed by atoms with Crippen molar-refractivity contribution < 1.29 is 11.0 Å². The average Bonchev–Trinajstić information content (AvgIpc) is 2.59. The summed E-state index contributed by atoms with van der Waals surface area (Å²) >= 11 is 0. The van der Waals surface area contributed by atoms with Gasteiger partial charge in [0, 0.05) is 2.74 Å². The minimum atomic E-state index is -1.72. The zero-order valence-electron chi connectivity index (χ0n) is 16.5. The van der Waals surface area contributed by atoms with Crippen molar-refractivity contribution in [3.63, 3.8) is 0 Å². The van der Waals surface area contributed by atoms with Crippen LogP contribution < -0.4 is 0 Å². The van der Waals surface area contributed by atoms with Crippen LogP contribution in [0.5, 0.6) is 0 Å². The Bertz CT molecular complexity index is 883. The molecule has 4 atom stereocenters. The van der Waals surface area contributed by atoms with Crippen molar-refractivity contribution in [1.29, 1.82) is 0 Å². The number of hydrogen-bond acceptors (Lipinski definition) is 0. The fraction of sp³-hybridized carbons (Fsp3) is 0.250. The number of benzene rings is 1. The Labute approximate surface area is 107 Å². The molecule has 0 N–H and O–H groups in total. The Hall–Kier alpha value is -1.56. The Kier molecular flexibility index (Phi) is 0.749. The highest BCUT2D eigenvalue weighted by atomic mass is 14.5. The lowest BCUT2D eigenvalue weighted by Crippen LogP contribution is -2.44. The van der Waals surface area contributed by atoms with Gasteiger partial charge < -0.3 is 0 Å². The van der Waals surface area contributed by atoms with Gasteiger partial charge in [-0.2, -0.15) is 0 Å². The first-order chi connectivity index (χ1) is 11.2. The third kappa shape index (κ3) is 0.948. The highest BCUT2D eigenvalue weighted by molar-refractivity contribution is 5.61. The summed E-state index contributed by atoms with van der Waals surface area (Å²) in [7, 11) is 0. The lowest BCUT2D eigenvalue weighted by Gasteiger charge is -2.52. The molecule has 3 aliphatic rings. The van der Waals surface area contributed by atoms with Crippen molar-refractivity contribution in [3.8, 4) is 0 Å². The van der Waals surface area contributed by atoms with E-state index in [1.165, 1.54) is 0 Å². The van der Waals surface area contributed by atoms with Gasteiger partial charge in [0.25, 0.3) is 0 Å². The van der Waals surface area contributed by atoms with Crippen LogP contribution in [0.1, 0.15) is 28.0 Å². The molecule has 0 amide bonds. The summed E-state index contributed by atoms with van der Waals surface area (Å²) in [4.78, 5) is 0. The smallest absolute Gasteiger partial charge is 0.0629 e. The van der Waals surface area contributed by atoms with Crippen molar-refractivity contribution in [2.45, 2.75) is 5.89 Å². The standard InChI is InChI=1S/C16H14/c1-2-6-12-11(5-1)9-10-15-13-7-3-4-8-14(13)16(12)15/h1-10,13-16H/i1D,2D,5D,6D,9D,10D,15D,16D. The largest absolute Gasteiger partial charge is 0.0802 e. The summed E-state index contributed by atoms with van der Waals surface area (Å²) in [5.41, 5.74) is -0.129. The van der Waals surface area contributed by atoms with Gasteiger partial charge in [-0.3, -0.25) is 0 Å². The summed E-state index contributed by atoms with van der Waals surface area (Å²) in [6.45, 7) is 0. The highest BCUT2D eigenvalue weighted by Gasteiger charge is 2.49. The van der Waals surface area contributed by atoms with Gasteiger partial charge in [0.05, 0.1) is 8.22 Å². The van der Waals surface area contributed by atoms with Gasteiger partial charge in [0.2, 0.25) is 0 Å². The number of fused-ring (bicyclic) bond motifs is 6. The van der Waals surface area contributed by atoms with E-state index in [-0.39, 0.29) is 29.3 Å². The Morgan fingerprint density at radius 2 is 1.88 bits per heavy atom. The van der Waals surface area contributed by atoms with Gasteiger partial charge in [-0.15, -0.1) is 0 Å². The molecule has 1 aromatic carbocycles. The normalized spacial score (nSPS) is 54.8. The van der Waals surface area contributed by atoms with E-state index < -0.39 is 41.8 Å². The van der Waals surface area contributed by atoms with Crippen LogP contribution in [0.3, 0.4) is 0 Å². The second kappa shape index (κ2) is 2.98. The van der Waals surface area contributed by atoms with Crippen LogP contribution in [-0.4, -0.2) is 0 Å². The zero-order chi connectivity index (χ0) is 17.6. The Morgan fingerprint density at radius 1 is 1.06 bits per heavy atom. The van der Waals surface area contributed by atoms with E-state index >= 15 is 0 Å². The topological polar surface area (TPSA) is 0 Å². The van der Waals surface area contributed by atoms with Gasteiger partial charge in [0.15, 0.2) is 0 Å². The molecule has 0 aromatic heterocycles. The Balaban J connectivity index is 2.15. The van der Waals surface area contributed by atoms with Crippen molar-refractivity contribution in [2.75, 3.05) is 0 Å². The van der Waals surface area contributed by atoms with E-state index in [4.69, 9.17) is 11.0 Å². The van der Waals surface area contributed by atoms with Crippen LogP contribution in [0.25, 0.3) is 6.05 Å². The molecule has 16 heavy (non-hydrogen) atoms. The first-order valence-corrected chi connectivity index (χ1v) is 5.33. The summed E-state index contributed by atoms with van der Waals surface area (Å²) in [5, 5.41) is 0. The van der Waals surface area contributed by atoms with E-state index in [2.05, 4.69) is 0 Å². The zero-order valence-corrected chi connectivity index (χ0v) is 8.46. The van der Waals surface area contributed by atoms with Crippen molar-refractivity contribution in [2.24, 2.45) is 17.7 Å². The van der Waals surface area contributed by atoms with Gasteiger partial charge in [-0.05, 0) is 34.8 Å². The fourth-order valence-corrected chi connectivity index (χ4v) is 2.61. The molecule has 4 rings (SSSR count). The van der Waals surface area contributed by atoms with Crippen LogP contribution in [0.2, 0.25) is 0 Å². The summed E-state index contributed by atoms with van der Waals surface area (Å²) in [5.74, 6) is -4.32. The van der Waals surface area contributed by atoms with E-state index in [0.29, 0.717) is 0 Å². The maximum absolute atomic E-state index is 8.99. The van der Waals surface area contributed by atoms with Crippen molar-refractivity contribution in [1.82, 2.24) is 0 Å². The second-order valence-corrected chi connectivity index (χ2v) is 4.15. The molecule has 1 aromatic rings. The molecule has 0 bridgehead atoms. The van der Waals surface area contributed by atoms with Crippen LogP contribution >= 0.6 is 0 Å². The van der Waals surface area contributed by atoms with Gasteiger partial charge in [-0.1, -0.05) is 60.6 Å². The van der Waals surface area contributed by atoms with E-state index in [1.807, 2.05) is 0 Å². The molecule has 0 nitrogen and oxygen atoms in total. The molecule has 4 unspecified atom stereocenters. The van der Waals surface area contributed by atoms with E-state index in [0.717, 1.165) is 0 Å². The van der Waals surface area contributed by atoms with E-state index in [1.54, 1.807) is 24.3 Å². The van der Waals surface area contributed by atoms with Crippen LogP contribution in [0.15, 0.2) is 54.5 Å². The molecular weight excluding hydrogens is 192 g/mol. The number of rotatable bonds is 0. The third-order valence-corrected chi connectivity index (χ3v) is 3.37. The molecule has 3 aliphatic carbocycles. The predicted molar refractivity (Wildman–Crippen MR) is 67.0 cm³/mol. The lowest BCUT2D eigenvalue weighted by molar-refractivity contribution is 0.147. The molecule has 0 radical (unpaired) electrons. The molecule has 0 heterocycles. The maximum Gasteiger partial charge on any atom is 0.0629 e. The van der Waals surface area contributed by atoms with Crippen LogP contribution in [0, 0.1) is 17.7 Å². The first-order valence-electron chi connectivity index (χ1n) is 9.33. The first kappa shape index (κ1) is 4.03. The van der Waals surface area contributed by atoms with Gasteiger partial charge in [-0.25, -0.2) is 0 Å². The minimum Gasteiger partial charge on any atom is -0.0802 e. The van der Waals surface area contributed by atoms with E-state index in [9.17, 15) is 0 Å². The highest BCUT2D eigenvalue weighted by Crippen LogP contribution is 2.57. The monoisotopic (exact) mass is 214 g/mol. The fourth-order valence-electron chi connectivity index (χ4n) is 2.61. The van der Waals surface area contributed by atoms with Crippen molar-refractivity contribution >= 4 is 6.05 Å². The van der Waals surface area contributed by atoms with Gasteiger partial charge >= 0.3 is 0 Å². The molecular formula is C16H14. The molecule has 1 saturated carbocycles. The SMILES string of the molecule is [2H]C1=C([2H])C2([2H])C3C=CC=CC3C2([2H])c2c([2H])c([2H])c([2H])c([2H])c21. The lowest BCUT2D eigenvalue weighted by atomic mass is 9.51. The third-order valence-electron chi connectivity index (χ3n) is 3.37. The molecule has 0 saturated heterocycles. The predicted octanol–water partition coefficient (Wildman–Crippen LogP) is 3.79. The van der Waals surface area contributed by atoms with Crippen LogP contribution in [0.4, 0.5) is 0 Å². The van der Waals surface area contributed by atoms with Gasteiger partial charge in [0.1, 0.15) is 0 Å². The Morgan fingerprint density at radius 3 is 2.81 bits per heavy atom. The number of allylic oxidation sites excluding steroid dienone is 5. The minimum absolute atomic E-state index is 0.0225. The summed E-state index contributed by atoms with van der Waals surface area (Å²) in [6.07, 6.45) is 7.02. The second-order valence-electron chi connectivity index (χ2n) is 4.15. The van der Waals surface area contributed by atoms with Crippen molar-refractivity contribution in [3.05, 3.63) is 65.7 Å². The molecule has 0 aliphatic heterocycles. The summed E-state index contributed by atoms with van der Waals surface area (Å²) < 4.78 is 66.4. The molecule has 0 heteroatoms. The number of hydrogen-bond donors (Lipinski definition) is 0. The summed E-state index contributed by atoms with van der Waals surface area (Å²) in [6, 6.07) is -2.46. The quantitative estimate of drug-likeness (QED) is 0.616. The molecule has 78 valence electrons.